The molecule has 5 nitrogen and oxygen atoms in total. The summed E-state index contributed by atoms with van der Waals surface area (Å²) in [5.74, 6) is 0.994. The summed E-state index contributed by atoms with van der Waals surface area (Å²) in [5.41, 5.74) is 1.09. The summed E-state index contributed by atoms with van der Waals surface area (Å²) in [7, 11) is 3.72. The minimum atomic E-state index is -0.135. The molecule has 1 aromatic carbocycles. The van der Waals surface area contributed by atoms with Gasteiger partial charge in [0.05, 0.1) is 13.2 Å². The van der Waals surface area contributed by atoms with E-state index in [0.29, 0.717) is 0 Å². The van der Waals surface area contributed by atoms with Gasteiger partial charge in [0.15, 0.2) is 0 Å². The lowest BCUT2D eigenvalue weighted by Gasteiger charge is -2.26. The van der Waals surface area contributed by atoms with Crippen molar-refractivity contribution in [2.24, 2.45) is 0 Å². The van der Waals surface area contributed by atoms with E-state index in [4.69, 9.17) is 4.74 Å². The van der Waals surface area contributed by atoms with Crippen LogP contribution in [0.3, 0.4) is 0 Å². The van der Waals surface area contributed by atoms with Gasteiger partial charge in [-0.1, -0.05) is 19.1 Å². The molecule has 116 valence electrons. The average Bonchev–Trinajstić information content (AvgIpc) is 2.80. The van der Waals surface area contributed by atoms with E-state index in [-0.39, 0.29) is 18.1 Å². The van der Waals surface area contributed by atoms with Gasteiger partial charge in [0.1, 0.15) is 11.9 Å². The molecule has 5 heteroatoms. The van der Waals surface area contributed by atoms with Crippen molar-refractivity contribution in [2.75, 3.05) is 33.8 Å². The molecular weight excluding hydrogens is 266 g/mol. The Hall–Kier alpha value is -1.59. The summed E-state index contributed by atoms with van der Waals surface area (Å²) in [6, 6.07) is 7.75. The zero-order valence-electron chi connectivity index (χ0n) is 13.3. The summed E-state index contributed by atoms with van der Waals surface area (Å²) in [6.45, 7) is 6.63. The Morgan fingerprint density at radius 1 is 1.33 bits per heavy atom. The van der Waals surface area contributed by atoms with Gasteiger partial charge in [-0.25, -0.2) is 0 Å². The van der Waals surface area contributed by atoms with Gasteiger partial charge in [0.2, 0.25) is 5.91 Å². The van der Waals surface area contributed by atoms with Gasteiger partial charge in [-0.15, -0.1) is 0 Å². The molecule has 2 unspecified atom stereocenters. The summed E-state index contributed by atoms with van der Waals surface area (Å²) in [6.07, 6.45) is -0.0522. The first-order chi connectivity index (χ1) is 10.1. The van der Waals surface area contributed by atoms with Crippen LogP contribution in [0.1, 0.15) is 25.6 Å². The minimum absolute atomic E-state index is 0.0522. The highest BCUT2D eigenvalue weighted by Crippen LogP contribution is 2.26. The summed E-state index contributed by atoms with van der Waals surface area (Å²) in [4.78, 5) is 16.5. The molecule has 0 aliphatic carbocycles. The highest BCUT2D eigenvalue weighted by atomic mass is 16.5. The molecule has 1 aromatic rings. The predicted octanol–water partition coefficient (Wildman–Crippen LogP) is 1.47. The lowest BCUT2D eigenvalue weighted by Crippen LogP contribution is -2.37. The second kappa shape index (κ2) is 6.91. The Bertz CT molecular complexity index is 475. The second-order valence-corrected chi connectivity index (χ2v) is 5.49. The molecule has 0 aromatic heterocycles. The van der Waals surface area contributed by atoms with Crippen molar-refractivity contribution < 1.29 is 9.53 Å². The molecular formula is C16H25N3O2. The van der Waals surface area contributed by atoms with E-state index in [1.165, 1.54) is 0 Å². The van der Waals surface area contributed by atoms with Gasteiger partial charge in [-0.3, -0.25) is 10.1 Å². The lowest BCUT2D eigenvalue weighted by molar-refractivity contribution is -0.130. The molecule has 2 atom stereocenters. The van der Waals surface area contributed by atoms with Gasteiger partial charge >= 0.3 is 0 Å². The van der Waals surface area contributed by atoms with Crippen molar-refractivity contribution >= 4 is 5.91 Å². The number of ether oxygens (including phenoxy) is 1. The SMILES string of the molecule is CCN(C)CCN1C(=O)C(C)NC1c1ccc(OC)cc1. The van der Waals surface area contributed by atoms with Crippen molar-refractivity contribution in [1.29, 1.82) is 0 Å². The smallest absolute Gasteiger partial charge is 0.241 e. The molecule has 1 heterocycles. The summed E-state index contributed by atoms with van der Waals surface area (Å²) >= 11 is 0. The molecule has 1 fully saturated rings. The van der Waals surface area contributed by atoms with Gasteiger partial charge in [-0.2, -0.15) is 0 Å². The molecule has 0 bridgehead atoms. The normalized spacial score (nSPS) is 22.1. The highest BCUT2D eigenvalue weighted by Gasteiger charge is 2.36. The number of carbonyl (C=O) groups is 1. The first-order valence-corrected chi connectivity index (χ1v) is 7.45. The van der Waals surface area contributed by atoms with Crippen LogP contribution in [0.15, 0.2) is 24.3 Å². The maximum absolute atomic E-state index is 12.3. The molecule has 1 aliphatic rings. The van der Waals surface area contributed by atoms with Crippen molar-refractivity contribution in [3.63, 3.8) is 0 Å². The van der Waals surface area contributed by atoms with E-state index in [1.807, 2.05) is 36.1 Å². The summed E-state index contributed by atoms with van der Waals surface area (Å²) in [5, 5.41) is 3.37. The zero-order valence-corrected chi connectivity index (χ0v) is 13.3. The van der Waals surface area contributed by atoms with Crippen LogP contribution in [-0.2, 0) is 4.79 Å². The van der Waals surface area contributed by atoms with Crippen LogP contribution in [-0.4, -0.2) is 55.5 Å². The maximum atomic E-state index is 12.3. The van der Waals surface area contributed by atoms with E-state index in [0.717, 1.165) is 30.9 Å². The number of rotatable bonds is 6. The van der Waals surface area contributed by atoms with Crippen molar-refractivity contribution in [3.05, 3.63) is 29.8 Å². The van der Waals surface area contributed by atoms with Crippen LogP contribution in [0, 0.1) is 0 Å². The van der Waals surface area contributed by atoms with Crippen LogP contribution < -0.4 is 10.1 Å². The third-order valence-electron chi connectivity index (χ3n) is 4.07. The van der Waals surface area contributed by atoms with Crippen molar-refractivity contribution in [1.82, 2.24) is 15.1 Å². The maximum Gasteiger partial charge on any atom is 0.241 e. The van der Waals surface area contributed by atoms with Gasteiger partial charge in [0, 0.05) is 13.1 Å². The molecule has 1 aliphatic heterocycles. The number of hydrogen-bond acceptors (Lipinski definition) is 4. The van der Waals surface area contributed by atoms with Crippen LogP contribution in [0.2, 0.25) is 0 Å². The first kappa shape index (κ1) is 15.8. The lowest BCUT2D eigenvalue weighted by atomic mass is 10.1. The van der Waals surface area contributed by atoms with Crippen LogP contribution in [0.5, 0.6) is 5.75 Å². The zero-order chi connectivity index (χ0) is 15.4. The largest absolute Gasteiger partial charge is 0.497 e. The van der Waals surface area contributed by atoms with Crippen LogP contribution in [0.4, 0.5) is 0 Å². The minimum Gasteiger partial charge on any atom is -0.497 e. The van der Waals surface area contributed by atoms with Gasteiger partial charge in [-0.05, 0) is 38.2 Å². The molecule has 0 saturated carbocycles. The monoisotopic (exact) mass is 291 g/mol. The van der Waals surface area contributed by atoms with Crippen molar-refractivity contribution in [2.45, 2.75) is 26.1 Å². The van der Waals surface area contributed by atoms with Crippen molar-refractivity contribution in [3.8, 4) is 5.75 Å². The Kier molecular flexibility index (Phi) is 5.20. The Balaban J connectivity index is 2.12. The van der Waals surface area contributed by atoms with E-state index in [1.54, 1.807) is 7.11 Å². The molecule has 1 amide bonds. The number of benzene rings is 1. The predicted molar refractivity (Wildman–Crippen MR) is 83.2 cm³/mol. The number of amides is 1. The molecule has 1 N–H and O–H groups in total. The van der Waals surface area contributed by atoms with E-state index in [9.17, 15) is 4.79 Å². The molecule has 0 spiro atoms. The standard InChI is InChI=1S/C16H25N3O2/c1-5-18(3)10-11-19-15(17-12(2)16(19)20)13-6-8-14(21-4)9-7-13/h6-9,12,15,17H,5,10-11H2,1-4H3. The van der Waals surface area contributed by atoms with Crippen LogP contribution >= 0.6 is 0 Å². The third kappa shape index (κ3) is 3.54. The molecule has 0 radical (unpaired) electrons. The molecule has 1 saturated heterocycles. The number of nitrogens with one attached hydrogen (secondary N) is 1. The highest BCUT2D eigenvalue weighted by molar-refractivity contribution is 5.84. The first-order valence-electron chi connectivity index (χ1n) is 7.45. The number of hydrogen-bond donors (Lipinski definition) is 1. The average molecular weight is 291 g/mol. The van der Waals surface area contributed by atoms with Crippen LogP contribution in [0.25, 0.3) is 0 Å². The van der Waals surface area contributed by atoms with E-state index >= 15 is 0 Å². The number of methoxy groups -OCH3 is 1. The van der Waals surface area contributed by atoms with Gasteiger partial charge in [0.25, 0.3) is 0 Å². The molecule has 2 rings (SSSR count). The Morgan fingerprint density at radius 3 is 2.57 bits per heavy atom. The fourth-order valence-corrected chi connectivity index (χ4v) is 2.51. The van der Waals surface area contributed by atoms with E-state index < -0.39 is 0 Å². The number of nitrogens with zero attached hydrogens (tertiary/aromatic N) is 2. The Labute approximate surface area is 126 Å². The Morgan fingerprint density at radius 2 is 2.00 bits per heavy atom. The fraction of sp³-hybridized carbons (Fsp3) is 0.562. The quantitative estimate of drug-likeness (QED) is 0.862. The molecule has 21 heavy (non-hydrogen) atoms. The fourth-order valence-electron chi connectivity index (χ4n) is 2.51. The third-order valence-corrected chi connectivity index (χ3v) is 4.07. The number of likely N-dealkylation sites (N-methyl/N-ethyl adjacent to an activating group) is 1. The van der Waals surface area contributed by atoms with E-state index in [2.05, 4.69) is 24.2 Å². The second-order valence-electron chi connectivity index (χ2n) is 5.49. The van der Waals surface area contributed by atoms with Gasteiger partial charge < -0.3 is 14.5 Å². The number of carbonyl (C=O) groups excluding carboxylic acids is 1. The summed E-state index contributed by atoms with van der Waals surface area (Å²) < 4.78 is 5.19. The topological polar surface area (TPSA) is 44.8 Å².